The third-order valence-electron chi connectivity index (χ3n) is 2.33. The smallest absolute Gasteiger partial charge is 0.363 e. The van der Waals surface area contributed by atoms with E-state index in [1.165, 1.54) is 19.2 Å². The molecule has 0 saturated carbocycles. The van der Waals surface area contributed by atoms with Crippen LogP contribution in [-0.2, 0) is 0 Å². The molecule has 0 spiro atoms. The maximum atomic E-state index is 13.6. The van der Waals surface area contributed by atoms with Crippen LogP contribution in [0.15, 0.2) is 18.2 Å². The first kappa shape index (κ1) is 13.8. The van der Waals surface area contributed by atoms with Gasteiger partial charge in [-0.2, -0.15) is 13.2 Å². The van der Waals surface area contributed by atoms with Crippen LogP contribution in [0.3, 0.4) is 0 Å². The summed E-state index contributed by atoms with van der Waals surface area (Å²) in [6, 6.07) is 3.63. The number of nitrogens with zero attached hydrogens (tertiary/aromatic N) is 1. The molecular formula is C11H14F4N2. The summed E-state index contributed by atoms with van der Waals surface area (Å²) >= 11 is 0. The molecule has 0 fully saturated rings. The van der Waals surface area contributed by atoms with E-state index in [1.54, 1.807) is 6.92 Å². The van der Waals surface area contributed by atoms with Crippen molar-refractivity contribution in [2.75, 3.05) is 18.5 Å². The Kier molecular flexibility index (Phi) is 3.98. The highest BCUT2D eigenvalue weighted by Gasteiger charge is 2.30. The van der Waals surface area contributed by atoms with Crippen LogP contribution in [0.1, 0.15) is 18.5 Å². The summed E-state index contributed by atoms with van der Waals surface area (Å²) in [5.74, 6) is -0.702. The number of anilines is 1. The molecule has 1 rings (SSSR count). The van der Waals surface area contributed by atoms with Gasteiger partial charge in [-0.15, -0.1) is 0 Å². The molecule has 0 radical (unpaired) electrons. The molecule has 0 bridgehead atoms. The maximum absolute atomic E-state index is 13.6. The monoisotopic (exact) mass is 250 g/mol. The normalized spacial score (nSPS) is 13.6. The van der Waals surface area contributed by atoms with Crippen molar-refractivity contribution < 1.29 is 17.6 Å². The molecule has 1 atom stereocenters. The number of hydrogen-bond donors (Lipinski definition) is 1. The zero-order chi connectivity index (χ0) is 13.2. The van der Waals surface area contributed by atoms with Crippen LogP contribution in [0.5, 0.6) is 0 Å². The molecule has 6 heteroatoms. The zero-order valence-electron chi connectivity index (χ0n) is 9.55. The number of alkyl halides is 3. The van der Waals surface area contributed by atoms with E-state index in [4.69, 9.17) is 5.73 Å². The molecule has 0 aliphatic rings. The van der Waals surface area contributed by atoms with Crippen LogP contribution >= 0.6 is 0 Å². The van der Waals surface area contributed by atoms with Crippen molar-refractivity contribution in [1.29, 1.82) is 0 Å². The fourth-order valence-electron chi connectivity index (χ4n) is 1.47. The number of rotatable bonds is 3. The molecule has 0 aliphatic carbocycles. The highest BCUT2D eigenvalue weighted by molar-refractivity contribution is 5.49. The molecule has 0 aliphatic heterocycles. The third-order valence-corrected chi connectivity index (χ3v) is 2.33. The SMILES string of the molecule is C[C@H](N)c1ccc(N(C)CC(F)(F)F)c(F)c1. The van der Waals surface area contributed by atoms with Crippen LogP contribution in [-0.4, -0.2) is 19.8 Å². The van der Waals surface area contributed by atoms with E-state index in [1.807, 2.05) is 0 Å². The second-order valence-corrected chi connectivity index (χ2v) is 3.97. The van der Waals surface area contributed by atoms with Gasteiger partial charge in [-0.05, 0) is 24.6 Å². The van der Waals surface area contributed by atoms with Gasteiger partial charge < -0.3 is 10.6 Å². The summed E-state index contributed by atoms with van der Waals surface area (Å²) in [4.78, 5) is 0.820. The molecule has 0 saturated heterocycles. The van der Waals surface area contributed by atoms with Gasteiger partial charge in [-0.3, -0.25) is 0 Å². The number of benzene rings is 1. The minimum absolute atomic E-state index is 0.0910. The minimum atomic E-state index is -4.36. The van der Waals surface area contributed by atoms with Crippen molar-refractivity contribution in [3.05, 3.63) is 29.6 Å². The van der Waals surface area contributed by atoms with E-state index in [0.717, 1.165) is 11.0 Å². The first-order chi connectivity index (χ1) is 7.70. The number of hydrogen-bond acceptors (Lipinski definition) is 2. The summed E-state index contributed by atoms with van der Waals surface area (Å²) in [6.07, 6.45) is -4.36. The molecular weight excluding hydrogens is 236 g/mol. The van der Waals surface area contributed by atoms with E-state index in [9.17, 15) is 17.6 Å². The Bertz CT molecular complexity index is 388. The Morgan fingerprint density at radius 2 is 1.94 bits per heavy atom. The summed E-state index contributed by atoms with van der Waals surface area (Å²) in [6.45, 7) is 0.481. The Morgan fingerprint density at radius 1 is 1.35 bits per heavy atom. The third kappa shape index (κ3) is 3.89. The Labute approximate surface area is 97.0 Å². The first-order valence-corrected chi connectivity index (χ1v) is 5.03. The Balaban J connectivity index is 2.92. The largest absolute Gasteiger partial charge is 0.405 e. The molecule has 0 unspecified atom stereocenters. The lowest BCUT2D eigenvalue weighted by Gasteiger charge is -2.22. The summed E-state index contributed by atoms with van der Waals surface area (Å²) < 4.78 is 50.0. The fraction of sp³-hybridized carbons (Fsp3) is 0.455. The standard InChI is InChI=1S/C11H14F4N2/c1-7(16)8-3-4-10(9(12)5-8)17(2)6-11(13,14)15/h3-5,7H,6,16H2,1-2H3/t7-/m0/s1. The average molecular weight is 250 g/mol. The summed E-state index contributed by atoms with van der Waals surface area (Å²) in [5, 5.41) is 0. The van der Waals surface area contributed by atoms with Gasteiger partial charge in [0, 0.05) is 13.1 Å². The van der Waals surface area contributed by atoms with Gasteiger partial charge in [0.25, 0.3) is 0 Å². The van der Waals surface area contributed by atoms with Gasteiger partial charge in [0.05, 0.1) is 5.69 Å². The lowest BCUT2D eigenvalue weighted by atomic mass is 10.1. The van der Waals surface area contributed by atoms with E-state index in [2.05, 4.69) is 0 Å². The van der Waals surface area contributed by atoms with E-state index >= 15 is 0 Å². The van der Waals surface area contributed by atoms with E-state index < -0.39 is 18.5 Å². The second kappa shape index (κ2) is 4.91. The first-order valence-electron chi connectivity index (χ1n) is 5.03. The molecule has 0 aromatic heterocycles. The topological polar surface area (TPSA) is 29.3 Å². The van der Waals surface area contributed by atoms with Crippen LogP contribution in [0.25, 0.3) is 0 Å². The van der Waals surface area contributed by atoms with Gasteiger partial charge >= 0.3 is 6.18 Å². The predicted molar refractivity (Wildman–Crippen MR) is 58.3 cm³/mol. The van der Waals surface area contributed by atoms with Crippen molar-refractivity contribution in [2.45, 2.75) is 19.1 Å². The van der Waals surface area contributed by atoms with Crippen LogP contribution in [0.2, 0.25) is 0 Å². The lowest BCUT2D eigenvalue weighted by molar-refractivity contribution is -0.119. The number of halogens is 4. The molecule has 1 aromatic rings. The fourth-order valence-corrected chi connectivity index (χ4v) is 1.47. The maximum Gasteiger partial charge on any atom is 0.405 e. The predicted octanol–water partition coefficient (Wildman–Crippen LogP) is 2.84. The summed E-state index contributed by atoms with van der Waals surface area (Å²) in [7, 11) is 1.19. The quantitative estimate of drug-likeness (QED) is 0.836. The molecule has 2 nitrogen and oxygen atoms in total. The van der Waals surface area contributed by atoms with Crippen molar-refractivity contribution >= 4 is 5.69 Å². The molecule has 1 aromatic carbocycles. The Hall–Kier alpha value is -1.30. The lowest BCUT2D eigenvalue weighted by Crippen LogP contribution is -2.31. The highest BCUT2D eigenvalue weighted by atomic mass is 19.4. The van der Waals surface area contributed by atoms with E-state index in [0.29, 0.717) is 5.56 Å². The van der Waals surface area contributed by atoms with Gasteiger partial charge in [0.1, 0.15) is 12.4 Å². The Morgan fingerprint density at radius 3 is 2.35 bits per heavy atom. The molecule has 17 heavy (non-hydrogen) atoms. The van der Waals surface area contributed by atoms with Crippen LogP contribution < -0.4 is 10.6 Å². The van der Waals surface area contributed by atoms with Crippen molar-refractivity contribution in [3.8, 4) is 0 Å². The van der Waals surface area contributed by atoms with Gasteiger partial charge in [0.15, 0.2) is 0 Å². The van der Waals surface area contributed by atoms with Gasteiger partial charge in [-0.1, -0.05) is 6.07 Å². The second-order valence-electron chi connectivity index (χ2n) is 3.97. The van der Waals surface area contributed by atoms with Gasteiger partial charge in [0.2, 0.25) is 0 Å². The van der Waals surface area contributed by atoms with E-state index in [-0.39, 0.29) is 11.7 Å². The highest BCUT2D eigenvalue weighted by Crippen LogP contribution is 2.25. The van der Waals surface area contributed by atoms with Crippen molar-refractivity contribution in [3.63, 3.8) is 0 Å². The zero-order valence-corrected chi connectivity index (χ0v) is 9.55. The summed E-state index contributed by atoms with van der Waals surface area (Å²) in [5.41, 5.74) is 6.01. The molecule has 96 valence electrons. The molecule has 0 heterocycles. The van der Waals surface area contributed by atoms with Crippen LogP contribution in [0, 0.1) is 5.82 Å². The average Bonchev–Trinajstić information content (AvgIpc) is 2.14. The van der Waals surface area contributed by atoms with Crippen LogP contribution in [0.4, 0.5) is 23.2 Å². The minimum Gasteiger partial charge on any atom is -0.363 e. The van der Waals surface area contributed by atoms with Crippen molar-refractivity contribution in [2.24, 2.45) is 5.73 Å². The number of nitrogens with two attached hydrogens (primary N) is 1. The van der Waals surface area contributed by atoms with Gasteiger partial charge in [-0.25, -0.2) is 4.39 Å². The van der Waals surface area contributed by atoms with Crippen molar-refractivity contribution in [1.82, 2.24) is 0 Å². The molecule has 0 amide bonds. The molecule has 2 N–H and O–H groups in total.